The van der Waals surface area contributed by atoms with Crippen LogP contribution in [0.15, 0.2) is 0 Å². The van der Waals surface area contributed by atoms with Crippen molar-refractivity contribution in [3.05, 3.63) is 0 Å². The number of rotatable bonds is 6. The SMILES string of the molecule is CNCC1CCCN(S(=O)(=O)CCC2CC2)C1. The second-order valence-corrected chi connectivity index (χ2v) is 7.56. The Morgan fingerprint density at radius 2 is 2.00 bits per heavy atom. The number of nitrogens with zero attached hydrogens (tertiary/aromatic N) is 1. The van der Waals surface area contributed by atoms with Crippen molar-refractivity contribution in [3.63, 3.8) is 0 Å². The maximum Gasteiger partial charge on any atom is 0.214 e. The van der Waals surface area contributed by atoms with Gasteiger partial charge in [0.25, 0.3) is 0 Å². The molecule has 100 valence electrons. The smallest absolute Gasteiger partial charge is 0.214 e. The van der Waals surface area contributed by atoms with Gasteiger partial charge in [0, 0.05) is 13.1 Å². The van der Waals surface area contributed by atoms with Crippen molar-refractivity contribution < 1.29 is 8.42 Å². The van der Waals surface area contributed by atoms with E-state index in [2.05, 4.69) is 5.32 Å². The van der Waals surface area contributed by atoms with E-state index in [4.69, 9.17) is 0 Å². The second-order valence-electron chi connectivity index (χ2n) is 5.47. The van der Waals surface area contributed by atoms with Gasteiger partial charge in [-0.3, -0.25) is 0 Å². The van der Waals surface area contributed by atoms with Gasteiger partial charge in [0.2, 0.25) is 10.0 Å². The topological polar surface area (TPSA) is 49.4 Å². The van der Waals surface area contributed by atoms with Gasteiger partial charge >= 0.3 is 0 Å². The lowest BCUT2D eigenvalue weighted by molar-refractivity contribution is 0.263. The molecule has 1 unspecified atom stereocenters. The van der Waals surface area contributed by atoms with Gasteiger partial charge < -0.3 is 5.32 Å². The van der Waals surface area contributed by atoms with Crippen LogP contribution < -0.4 is 5.32 Å². The van der Waals surface area contributed by atoms with Crippen LogP contribution in [0.2, 0.25) is 0 Å². The van der Waals surface area contributed by atoms with Crippen LogP contribution in [0.5, 0.6) is 0 Å². The number of piperidine rings is 1. The highest BCUT2D eigenvalue weighted by atomic mass is 32.2. The number of hydrogen-bond acceptors (Lipinski definition) is 3. The highest BCUT2D eigenvalue weighted by Crippen LogP contribution is 2.33. The summed E-state index contributed by atoms with van der Waals surface area (Å²) in [5.74, 6) is 1.55. The minimum absolute atomic E-state index is 0.365. The van der Waals surface area contributed by atoms with E-state index in [1.165, 1.54) is 12.8 Å². The van der Waals surface area contributed by atoms with Gasteiger partial charge in [-0.05, 0) is 44.7 Å². The molecule has 0 radical (unpaired) electrons. The van der Waals surface area contributed by atoms with E-state index in [0.29, 0.717) is 24.1 Å². The summed E-state index contributed by atoms with van der Waals surface area (Å²) >= 11 is 0. The highest BCUT2D eigenvalue weighted by Gasteiger charge is 2.30. The molecule has 2 aliphatic rings. The molecule has 1 atom stereocenters. The van der Waals surface area contributed by atoms with Crippen LogP contribution in [0.25, 0.3) is 0 Å². The van der Waals surface area contributed by atoms with E-state index in [0.717, 1.165) is 32.4 Å². The molecule has 1 aliphatic heterocycles. The molecule has 1 heterocycles. The average molecular weight is 260 g/mol. The van der Waals surface area contributed by atoms with Crippen LogP contribution in [0, 0.1) is 11.8 Å². The Kier molecular flexibility index (Phi) is 4.44. The lowest BCUT2D eigenvalue weighted by atomic mass is 10.00. The molecule has 1 saturated heterocycles. The molecule has 5 heteroatoms. The molecular formula is C12H24N2O2S. The minimum atomic E-state index is -2.98. The third-order valence-electron chi connectivity index (χ3n) is 3.85. The summed E-state index contributed by atoms with van der Waals surface area (Å²) in [5, 5.41) is 3.15. The summed E-state index contributed by atoms with van der Waals surface area (Å²) < 4.78 is 26.1. The molecule has 0 aromatic carbocycles. The maximum absolute atomic E-state index is 12.2. The van der Waals surface area contributed by atoms with Crippen LogP contribution in [0.3, 0.4) is 0 Å². The summed E-state index contributed by atoms with van der Waals surface area (Å²) in [4.78, 5) is 0. The number of nitrogens with one attached hydrogen (secondary N) is 1. The quantitative estimate of drug-likeness (QED) is 0.776. The van der Waals surface area contributed by atoms with Crippen molar-refractivity contribution in [1.82, 2.24) is 9.62 Å². The molecule has 2 fully saturated rings. The first-order valence-electron chi connectivity index (χ1n) is 6.74. The first-order chi connectivity index (χ1) is 8.12. The molecule has 4 nitrogen and oxygen atoms in total. The Labute approximate surface area is 105 Å². The Bertz CT molecular complexity index is 336. The van der Waals surface area contributed by atoms with Crippen molar-refractivity contribution in [3.8, 4) is 0 Å². The summed E-state index contributed by atoms with van der Waals surface area (Å²) in [5.41, 5.74) is 0. The van der Waals surface area contributed by atoms with Crippen molar-refractivity contribution in [1.29, 1.82) is 0 Å². The largest absolute Gasteiger partial charge is 0.319 e. The van der Waals surface area contributed by atoms with Crippen molar-refractivity contribution >= 4 is 10.0 Å². The molecule has 0 aromatic heterocycles. The van der Waals surface area contributed by atoms with Crippen molar-refractivity contribution in [2.24, 2.45) is 11.8 Å². The third kappa shape index (κ3) is 3.93. The van der Waals surface area contributed by atoms with Gasteiger partial charge in [-0.1, -0.05) is 12.8 Å². The van der Waals surface area contributed by atoms with Crippen LogP contribution in [0.1, 0.15) is 32.1 Å². The molecule has 0 amide bonds. The van der Waals surface area contributed by atoms with E-state index in [9.17, 15) is 8.42 Å². The van der Waals surface area contributed by atoms with Crippen LogP contribution in [-0.4, -0.2) is 45.2 Å². The maximum atomic E-state index is 12.2. The average Bonchev–Trinajstić information content (AvgIpc) is 3.11. The number of hydrogen-bond donors (Lipinski definition) is 1. The first-order valence-corrected chi connectivity index (χ1v) is 8.35. The van der Waals surface area contributed by atoms with Crippen LogP contribution >= 0.6 is 0 Å². The van der Waals surface area contributed by atoms with E-state index >= 15 is 0 Å². The Morgan fingerprint density at radius 1 is 1.24 bits per heavy atom. The summed E-state index contributed by atoms with van der Waals surface area (Å²) in [6.45, 7) is 2.37. The Morgan fingerprint density at radius 3 is 2.65 bits per heavy atom. The fourth-order valence-corrected chi connectivity index (χ4v) is 4.32. The highest BCUT2D eigenvalue weighted by molar-refractivity contribution is 7.89. The second kappa shape index (κ2) is 5.67. The predicted molar refractivity (Wildman–Crippen MR) is 69.4 cm³/mol. The summed E-state index contributed by atoms with van der Waals surface area (Å²) in [6.07, 6.45) is 5.50. The Balaban J connectivity index is 1.85. The molecule has 17 heavy (non-hydrogen) atoms. The van der Waals surface area contributed by atoms with Crippen LogP contribution in [0.4, 0.5) is 0 Å². The lowest BCUT2D eigenvalue weighted by Gasteiger charge is -2.31. The first kappa shape index (κ1) is 13.3. The van der Waals surface area contributed by atoms with Crippen molar-refractivity contribution in [2.75, 3.05) is 32.4 Å². The fourth-order valence-electron chi connectivity index (χ4n) is 2.59. The lowest BCUT2D eigenvalue weighted by Crippen LogP contribution is -2.43. The van der Waals surface area contributed by atoms with Gasteiger partial charge in [-0.2, -0.15) is 0 Å². The Hall–Kier alpha value is -0.130. The van der Waals surface area contributed by atoms with Gasteiger partial charge in [0.1, 0.15) is 0 Å². The summed E-state index contributed by atoms with van der Waals surface area (Å²) in [7, 11) is -1.05. The molecule has 1 saturated carbocycles. The zero-order chi connectivity index (χ0) is 12.3. The third-order valence-corrected chi connectivity index (χ3v) is 5.72. The van der Waals surface area contributed by atoms with E-state index in [1.54, 1.807) is 4.31 Å². The summed E-state index contributed by atoms with van der Waals surface area (Å²) in [6, 6.07) is 0. The monoisotopic (exact) mass is 260 g/mol. The van der Waals surface area contributed by atoms with Crippen LogP contribution in [-0.2, 0) is 10.0 Å². The molecule has 0 spiro atoms. The molecular weight excluding hydrogens is 236 g/mol. The van der Waals surface area contributed by atoms with Gasteiger partial charge in [0.15, 0.2) is 0 Å². The van der Waals surface area contributed by atoms with Crippen molar-refractivity contribution in [2.45, 2.75) is 32.1 Å². The zero-order valence-corrected chi connectivity index (χ0v) is 11.5. The standard InChI is InChI=1S/C12H24N2O2S/c1-13-9-12-3-2-7-14(10-12)17(15,16)8-6-11-4-5-11/h11-13H,2-10H2,1H3. The number of sulfonamides is 1. The molecule has 0 aromatic rings. The van der Waals surface area contributed by atoms with Gasteiger partial charge in [-0.25, -0.2) is 12.7 Å². The minimum Gasteiger partial charge on any atom is -0.319 e. The molecule has 1 aliphatic carbocycles. The van der Waals surface area contributed by atoms with Gasteiger partial charge in [0.05, 0.1) is 5.75 Å². The fraction of sp³-hybridized carbons (Fsp3) is 1.00. The van der Waals surface area contributed by atoms with E-state index in [1.807, 2.05) is 7.05 Å². The van der Waals surface area contributed by atoms with Gasteiger partial charge in [-0.15, -0.1) is 0 Å². The molecule has 1 N–H and O–H groups in total. The molecule has 2 rings (SSSR count). The molecule has 0 bridgehead atoms. The zero-order valence-electron chi connectivity index (χ0n) is 10.7. The predicted octanol–water partition coefficient (Wildman–Crippen LogP) is 1.05. The normalized spacial score (nSPS) is 27.2. The van der Waals surface area contributed by atoms with E-state index in [-0.39, 0.29) is 0 Å². The van der Waals surface area contributed by atoms with E-state index < -0.39 is 10.0 Å².